The van der Waals surface area contributed by atoms with Crippen LogP contribution in [0.1, 0.15) is 43.0 Å². The number of carbonyl (C=O) groups is 1. The molecule has 17 heavy (non-hydrogen) atoms. The zero-order valence-electron chi connectivity index (χ0n) is 9.43. The molecule has 1 amide bonds. The van der Waals surface area contributed by atoms with E-state index < -0.39 is 0 Å². The molecular weight excluding hydrogens is 302 g/mol. The van der Waals surface area contributed by atoms with E-state index in [0.717, 1.165) is 16.7 Å². The Morgan fingerprint density at radius 1 is 1.29 bits per heavy atom. The second-order valence-electron chi connectivity index (χ2n) is 4.71. The zero-order chi connectivity index (χ0) is 11.8. The molecule has 4 nitrogen and oxygen atoms in total. The molecule has 1 aromatic rings. The first-order valence-corrected chi connectivity index (χ1v) is 7.75. The summed E-state index contributed by atoms with van der Waals surface area (Å²) in [5, 5.41) is 10.3. The van der Waals surface area contributed by atoms with Gasteiger partial charge in [-0.15, -0.1) is 10.2 Å². The molecule has 1 saturated carbocycles. The third-order valence-corrected chi connectivity index (χ3v) is 5.17. The van der Waals surface area contributed by atoms with Gasteiger partial charge < -0.3 is 0 Å². The summed E-state index contributed by atoms with van der Waals surface area (Å²) in [4.78, 5) is 13.8. The quantitative estimate of drug-likeness (QED) is 0.788. The molecule has 0 spiro atoms. The molecule has 6 heteroatoms. The van der Waals surface area contributed by atoms with Crippen molar-refractivity contribution in [2.45, 2.75) is 42.8 Å². The van der Waals surface area contributed by atoms with Crippen LogP contribution in [-0.2, 0) is 4.79 Å². The van der Waals surface area contributed by atoms with Crippen molar-refractivity contribution in [3.8, 4) is 0 Å². The predicted octanol–water partition coefficient (Wildman–Crippen LogP) is 2.70. The van der Waals surface area contributed by atoms with Crippen molar-refractivity contribution in [2.24, 2.45) is 0 Å². The maximum absolute atomic E-state index is 11.8. The van der Waals surface area contributed by atoms with Crippen LogP contribution in [0.2, 0.25) is 0 Å². The van der Waals surface area contributed by atoms with Crippen molar-refractivity contribution < 1.29 is 4.79 Å². The number of anilines is 1. The Balaban J connectivity index is 1.78. The summed E-state index contributed by atoms with van der Waals surface area (Å²) < 4.78 is 0. The Morgan fingerprint density at radius 3 is 2.71 bits per heavy atom. The summed E-state index contributed by atoms with van der Waals surface area (Å²) in [6, 6.07) is 0. The molecule has 2 fully saturated rings. The number of aromatic nitrogens is 2. The smallest absolute Gasteiger partial charge is 0.230 e. The fraction of sp³-hybridized carbons (Fsp3) is 0.727. The lowest BCUT2D eigenvalue weighted by Gasteiger charge is -2.10. The highest BCUT2D eigenvalue weighted by Gasteiger charge is 2.32. The molecule has 2 heterocycles. The number of hydrogen-bond donors (Lipinski definition) is 0. The van der Waals surface area contributed by atoms with E-state index in [0.29, 0.717) is 12.3 Å². The maximum atomic E-state index is 11.8. The molecular formula is C11H14BrN3OS. The van der Waals surface area contributed by atoms with Crippen LogP contribution in [0.15, 0.2) is 0 Å². The lowest BCUT2D eigenvalue weighted by Crippen LogP contribution is -2.24. The van der Waals surface area contributed by atoms with Crippen LogP contribution in [0.4, 0.5) is 5.13 Å². The van der Waals surface area contributed by atoms with Gasteiger partial charge in [0, 0.05) is 23.7 Å². The van der Waals surface area contributed by atoms with Crippen molar-refractivity contribution >= 4 is 38.3 Å². The van der Waals surface area contributed by atoms with E-state index in [2.05, 4.69) is 26.1 Å². The number of rotatable bonds is 2. The SMILES string of the molecule is O=C1CC(Br)CN1c1nnc(C2CCCC2)s1. The number of carbonyl (C=O) groups excluding carboxylic acids is 1. The fourth-order valence-corrected chi connectivity index (χ4v) is 4.13. The summed E-state index contributed by atoms with van der Waals surface area (Å²) in [5.41, 5.74) is 0. The van der Waals surface area contributed by atoms with Gasteiger partial charge in [0.2, 0.25) is 11.0 Å². The largest absolute Gasteiger partial charge is 0.286 e. The minimum atomic E-state index is 0.154. The summed E-state index contributed by atoms with van der Waals surface area (Å²) in [5.74, 6) is 0.736. The number of alkyl halides is 1. The molecule has 1 atom stereocenters. The Bertz CT molecular complexity index is 430. The van der Waals surface area contributed by atoms with Gasteiger partial charge in [0.15, 0.2) is 0 Å². The first-order chi connectivity index (χ1) is 8.24. The van der Waals surface area contributed by atoms with Gasteiger partial charge in [-0.05, 0) is 12.8 Å². The van der Waals surface area contributed by atoms with Gasteiger partial charge in [-0.25, -0.2) is 0 Å². The van der Waals surface area contributed by atoms with Crippen LogP contribution in [0, 0.1) is 0 Å². The summed E-state index contributed by atoms with van der Waals surface area (Å²) in [6.45, 7) is 0.720. The third-order valence-electron chi connectivity index (χ3n) is 3.44. The van der Waals surface area contributed by atoms with Crippen LogP contribution in [0.3, 0.4) is 0 Å². The predicted molar refractivity (Wildman–Crippen MR) is 70.8 cm³/mol. The van der Waals surface area contributed by atoms with E-state index in [1.165, 1.54) is 25.7 Å². The van der Waals surface area contributed by atoms with Crippen molar-refractivity contribution in [3.63, 3.8) is 0 Å². The van der Waals surface area contributed by atoms with Crippen molar-refractivity contribution in [1.29, 1.82) is 0 Å². The van der Waals surface area contributed by atoms with E-state index in [4.69, 9.17) is 0 Å². The highest BCUT2D eigenvalue weighted by Crippen LogP contribution is 2.38. The lowest BCUT2D eigenvalue weighted by atomic mass is 10.1. The Morgan fingerprint density at radius 2 is 2.06 bits per heavy atom. The van der Waals surface area contributed by atoms with Crippen LogP contribution in [0.5, 0.6) is 0 Å². The zero-order valence-corrected chi connectivity index (χ0v) is 11.8. The molecule has 1 unspecified atom stereocenters. The second-order valence-corrected chi connectivity index (χ2v) is 6.99. The minimum Gasteiger partial charge on any atom is -0.286 e. The number of halogens is 1. The average Bonchev–Trinajstić information content (AvgIpc) is 2.97. The van der Waals surface area contributed by atoms with E-state index in [9.17, 15) is 4.79 Å². The topological polar surface area (TPSA) is 46.1 Å². The van der Waals surface area contributed by atoms with E-state index in [1.807, 2.05) is 0 Å². The van der Waals surface area contributed by atoms with Gasteiger partial charge in [0.05, 0.1) is 0 Å². The molecule has 1 saturated heterocycles. The maximum Gasteiger partial charge on any atom is 0.230 e. The summed E-state index contributed by atoms with van der Waals surface area (Å²) in [7, 11) is 0. The Kier molecular flexibility index (Phi) is 3.17. The molecule has 0 N–H and O–H groups in total. The van der Waals surface area contributed by atoms with Gasteiger partial charge in [-0.2, -0.15) is 0 Å². The second kappa shape index (κ2) is 4.65. The Hall–Kier alpha value is -0.490. The normalized spacial score (nSPS) is 26.1. The number of nitrogens with zero attached hydrogens (tertiary/aromatic N) is 3. The van der Waals surface area contributed by atoms with Gasteiger partial charge >= 0.3 is 0 Å². The monoisotopic (exact) mass is 315 g/mol. The van der Waals surface area contributed by atoms with E-state index >= 15 is 0 Å². The van der Waals surface area contributed by atoms with Crippen molar-refractivity contribution in [3.05, 3.63) is 5.01 Å². The molecule has 2 aliphatic rings. The molecule has 1 aromatic heterocycles. The number of amides is 1. The standard InChI is InChI=1S/C11H14BrN3OS/c12-8-5-9(16)15(6-8)11-14-13-10(17-11)7-3-1-2-4-7/h7-8H,1-6H2. The molecule has 0 aromatic carbocycles. The van der Waals surface area contributed by atoms with Gasteiger partial charge in [-0.3, -0.25) is 9.69 Å². The fourth-order valence-electron chi connectivity index (χ4n) is 2.52. The first-order valence-electron chi connectivity index (χ1n) is 6.02. The molecule has 1 aliphatic heterocycles. The number of hydrogen-bond acceptors (Lipinski definition) is 4. The molecule has 3 rings (SSSR count). The van der Waals surface area contributed by atoms with Crippen LogP contribution >= 0.6 is 27.3 Å². The first kappa shape index (κ1) is 11.6. The van der Waals surface area contributed by atoms with Crippen LogP contribution in [0.25, 0.3) is 0 Å². The molecule has 92 valence electrons. The summed E-state index contributed by atoms with van der Waals surface area (Å²) >= 11 is 5.08. The highest BCUT2D eigenvalue weighted by atomic mass is 79.9. The van der Waals surface area contributed by atoms with Crippen molar-refractivity contribution in [1.82, 2.24) is 10.2 Å². The van der Waals surface area contributed by atoms with Crippen LogP contribution in [-0.4, -0.2) is 27.5 Å². The highest BCUT2D eigenvalue weighted by molar-refractivity contribution is 9.09. The lowest BCUT2D eigenvalue weighted by molar-refractivity contribution is -0.117. The molecule has 0 bridgehead atoms. The van der Waals surface area contributed by atoms with Gasteiger partial charge in [0.1, 0.15) is 5.01 Å². The molecule has 1 aliphatic carbocycles. The van der Waals surface area contributed by atoms with Gasteiger partial charge in [-0.1, -0.05) is 40.1 Å². The van der Waals surface area contributed by atoms with Gasteiger partial charge in [0.25, 0.3) is 0 Å². The van der Waals surface area contributed by atoms with Crippen molar-refractivity contribution in [2.75, 3.05) is 11.4 Å². The minimum absolute atomic E-state index is 0.154. The van der Waals surface area contributed by atoms with E-state index in [1.54, 1.807) is 16.2 Å². The molecule has 0 radical (unpaired) electrons. The Labute approximate surface area is 113 Å². The average molecular weight is 316 g/mol. The van der Waals surface area contributed by atoms with Crippen LogP contribution < -0.4 is 4.90 Å². The van der Waals surface area contributed by atoms with E-state index in [-0.39, 0.29) is 10.7 Å². The summed E-state index contributed by atoms with van der Waals surface area (Å²) in [6.07, 6.45) is 5.61. The third kappa shape index (κ3) is 2.25.